The van der Waals surface area contributed by atoms with E-state index in [0.717, 1.165) is 4.90 Å². The fourth-order valence-electron chi connectivity index (χ4n) is 1.65. The third kappa shape index (κ3) is 2.02. The summed E-state index contributed by atoms with van der Waals surface area (Å²) in [6.07, 6.45) is -0.682. The Hall–Kier alpha value is -2.09. The summed E-state index contributed by atoms with van der Waals surface area (Å²) in [5.41, 5.74) is -1.31. The van der Waals surface area contributed by atoms with Crippen molar-refractivity contribution in [2.24, 2.45) is 0 Å². The lowest BCUT2D eigenvalue weighted by Crippen LogP contribution is -2.53. The van der Waals surface area contributed by atoms with Gasteiger partial charge in [0.2, 0.25) is 0 Å². The molecule has 6 nitrogen and oxygen atoms in total. The molecular weight excluding hydrogens is 250 g/mol. The van der Waals surface area contributed by atoms with E-state index in [1.807, 2.05) is 0 Å². The molecule has 0 aliphatic carbocycles. The van der Waals surface area contributed by atoms with E-state index in [1.54, 1.807) is 0 Å². The van der Waals surface area contributed by atoms with Crippen LogP contribution in [0.1, 0.15) is 10.4 Å². The van der Waals surface area contributed by atoms with Crippen molar-refractivity contribution in [3.8, 4) is 0 Å². The summed E-state index contributed by atoms with van der Waals surface area (Å²) in [6.45, 7) is 0.0456. The van der Waals surface area contributed by atoms with E-state index in [9.17, 15) is 23.7 Å². The van der Waals surface area contributed by atoms with E-state index in [0.29, 0.717) is 12.1 Å². The number of benzene rings is 1. The molecule has 1 aromatic rings. The van der Waals surface area contributed by atoms with Crippen LogP contribution >= 0.6 is 0 Å². The van der Waals surface area contributed by atoms with Crippen molar-refractivity contribution >= 4 is 11.6 Å². The van der Waals surface area contributed by atoms with Gasteiger partial charge in [0.15, 0.2) is 11.6 Å². The van der Waals surface area contributed by atoms with Crippen LogP contribution in [-0.4, -0.2) is 40.0 Å². The Bertz CT molecular complexity index is 529. The molecule has 96 valence electrons. The van der Waals surface area contributed by atoms with E-state index in [-0.39, 0.29) is 13.1 Å². The van der Waals surface area contributed by atoms with Gasteiger partial charge >= 0.3 is 0 Å². The Morgan fingerprint density at radius 2 is 1.94 bits per heavy atom. The van der Waals surface area contributed by atoms with Crippen LogP contribution in [0.25, 0.3) is 0 Å². The van der Waals surface area contributed by atoms with E-state index in [1.165, 1.54) is 0 Å². The lowest BCUT2D eigenvalue weighted by molar-refractivity contribution is -0.385. The zero-order valence-corrected chi connectivity index (χ0v) is 8.97. The SMILES string of the molecule is O=C(c1cc(F)c(F)cc1[N+](=O)[O-])N1CC(O)C1. The molecule has 1 saturated heterocycles. The Morgan fingerprint density at radius 1 is 1.39 bits per heavy atom. The molecule has 1 fully saturated rings. The molecule has 1 amide bonds. The summed E-state index contributed by atoms with van der Waals surface area (Å²) in [5, 5.41) is 19.7. The fourth-order valence-corrected chi connectivity index (χ4v) is 1.65. The van der Waals surface area contributed by atoms with Crippen LogP contribution in [0.3, 0.4) is 0 Å². The molecule has 1 N–H and O–H groups in total. The molecule has 0 unspecified atom stereocenters. The number of hydrogen-bond acceptors (Lipinski definition) is 4. The number of nitro groups is 1. The second kappa shape index (κ2) is 4.30. The van der Waals surface area contributed by atoms with Crippen molar-refractivity contribution in [3.05, 3.63) is 39.4 Å². The first-order valence-electron chi connectivity index (χ1n) is 5.01. The maximum atomic E-state index is 13.0. The normalized spacial score (nSPS) is 15.4. The molecule has 0 aromatic heterocycles. The highest BCUT2D eigenvalue weighted by Crippen LogP contribution is 2.25. The average molecular weight is 258 g/mol. The molecule has 8 heteroatoms. The number of nitrogens with zero attached hydrogens (tertiary/aromatic N) is 2. The van der Waals surface area contributed by atoms with Crippen molar-refractivity contribution in [1.82, 2.24) is 4.90 Å². The summed E-state index contributed by atoms with van der Waals surface area (Å²) in [4.78, 5) is 22.6. The van der Waals surface area contributed by atoms with E-state index < -0.39 is 39.8 Å². The minimum absolute atomic E-state index is 0.0228. The number of aliphatic hydroxyl groups excluding tert-OH is 1. The number of β-amino-alcohol motifs (C(OH)–C–C–N with tert-alkyl or cyclic N) is 1. The lowest BCUT2D eigenvalue weighted by Gasteiger charge is -2.35. The van der Waals surface area contributed by atoms with Crippen LogP contribution in [-0.2, 0) is 0 Å². The summed E-state index contributed by atoms with van der Waals surface area (Å²) in [5.74, 6) is -3.52. The minimum Gasteiger partial charge on any atom is -0.389 e. The third-order valence-corrected chi connectivity index (χ3v) is 2.62. The topological polar surface area (TPSA) is 83.7 Å². The molecule has 1 aromatic carbocycles. The number of carbonyl (C=O) groups is 1. The number of likely N-dealkylation sites (tertiary alicyclic amines) is 1. The third-order valence-electron chi connectivity index (χ3n) is 2.62. The summed E-state index contributed by atoms with van der Waals surface area (Å²) in [7, 11) is 0. The van der Waals surface area contributed by atoms with Gasteiger partial charge in [-0.05, 0) is 6.07 Å². The van der Waals surface area contributed by atoms with E-state index in [2.05, 4.69) is 0 Å². The summed E-state index contributed by atoms with van der Waals surface area (Å²) >= 11 is 0. The van der Waals surface area contributed by atoms with Gasteiger partial charge in [0.05, 0.1) is 17.1 Å². The van der Waals surface area contributed by atoms with Gasteiger partial charge in [0.1, 0.15) is 5.56 Å². The molecule has 1 aliphatic heterocycles. The van der Waals surface area contributed by atoms with Crippen LogP contribution in [0.15, 0.2) is 12.1 Å². The van der Waals surface area contributed by atoms with Crippen molar-refractivity contribution in [1.29, 1.82) is 0 Å². The number of aliphatic hydroxyl groups is 1. The number of nitro benzene ring substituents is 1. The average Bonchev–Trinajstić information content (AvgIpc) is 2.27. The van der Waals surface area contributed by atoms with Crippen molar-refractivity contribution in [2.75, 3.05) is 13.1 Å². The largest absolute Gasteiger partial charge is 0.389 e. The van der Waals surface area contributed by atoms with E-state index in [4.69, 9.17) is 5.11 Å². The predicted molar refractivity (Wildman–Crippen MR) is 54.9 cm³/mol. The van der Waals surface area contributed by atoms with Gasteiger partial charge in [0, 0.05) is 13.1 Å². The van der Waals surface area contributed by atoms with Gasteiger partial charge in [-0.1, -0.05) is 0 Å². The van der Waals surface area contributed by atoms with Crippen LogP contribution in [0, 0.1) is 21.7 Å². The van der Waals surface area contributed by atoms with Crippen molar-refractivity contribution in [3.63, 3.8) is 0 Å². The Balaban J connectivity index is 2.39. The Morgan fingerprint density at radius 3 is 2.44 bits per heavy atom. The Kier molecular flexibility index (Phi) is 2.95. The summed E-state index contributed by atoms with van der Waals surface area (Å²) in [6, 6.07) is 0.874. The first-order valence-corrected chi connectivity index (χ1v) is 5.01. The number of halogens is 2. The number of rotatable bonds is 2. The zero-order valence-electron chi connectivity index (χ0n) is 8.97. The second-order valence-electron chi connectivity index (χ2n) is 3.90. The molecule has 0 atom stereocenters. The van der Waals surface area contributed by atoms with Crippen LogP contribution < -0.4 is 0 Å². The molecule has 0 saturated carbocycles. The van der Waals surface area contributed by atoms with Crippen LogP contribution in [0.4, 0.5) is 14.5 Å². The fraction of sp³-hybridized carbons (Fsp3) is 0.300. The van der Waals surface area contributed by atoms with Gasteiger partial charge in [-0.15, -0.1) is 0 Å². The number of hydrogen-bond donors (Lipinski definition) is 1. The quantitative estimate of drug-likeness (QED) is 0.624. The van der Waals surface area contributed by atoms with Gasteiger partial charge in [-0.2, -0.15) is 0 Å². The molecule has 18 heavy (non-hydrogen) atoms. The van der Waals surface area contributed by atoms with Gasteiger partial charge in [-0.3, -0.25) is 14.9 Å². The monoisotopic (exact) mass is 258 g/mol. The summed E-state index contributed by atoms with van der Waals surface area (Å²) < 4.78 is 25.9. The second-order valence-corrected chi connectivity index (χ2v) is 3.90. The van der Waals surface area contributed by atoms with Crippen LogP contribution in [0.2, 0.25) is 0 Å². The predicted octanol–water partition coefficient (Wildman–Crippen LogP) is 0.690. The standard InChI is InChI=1S/C10H8F2N2O4/c11-7-1-6(9(14(17)18)2-8(7)12)10(16)13-3-5(15)4-13/h1-2,5,15H,3-4H2. The highest BCUT2D eigenvalue weighted by atomic mass is 19.2. The molecule has 2 rings (SSSR count). The first kappa shape index (κ1) is 12.4. The molecule has 1 aliphatic rings. The first-order chi connectivity index (χ1) is 8.40. The minimum atomic E-state index is -1.39. The van der Waals surface area contributed by atoms with Gasteiger partial charge < -0.3 is 10.0 Å². The molecule has 0 bridgehead atoms. The maximum absolute atomic E-state index is 13.0. The number of amides is 1. The van der Waals surface area contributed by atoms with Gasteiger partial charge in [-0.25, -0.2) is 8.78 Å². The van der Waals surface area contributed by atoms with Gasteiger partial charge in [0.25, 0.3) is 11.6 Å². The Labute approximate surface area is 99.6 Å². The molecule has 1 heterocycles. The zero-order chi connectivity index (χ0) is 13.4. The maximum Gasteiger partial charge on any atom is 0.285 e. The highest BCUT2D eigenvalue weighted by molar-refractivity contribution is 5.98. The molecular formula is C10H8F2N2O4. The lowest BCUT2D eigenvalue weighted by atomic mass is 10.1. The van der Waals surface area contributed by atoms with Crippen LogP contribution in [0.5, 0.6) is 0 Å². The number of carbonyl (C=O) groups excluding carboxylic acids is 1. The van der Waals surface area contributed by atoms with Crippen molar-refractivity contribution in [2.45, 2.75) is 6.10 Å². The highest BCUT2D eigenvalue weighted by Gasteiger charge is 2.34. The van der Waals surface area contributed by atoms with E-state index >= 15 is 0 Å². The molecule has 0 spiro atoms. The molecule has 0 radical (unpaired) electrons. The smallest absolute Gasteiger partial charge is 0.285 e. The van der Waals surface area contributed by atoms with Crippen molar-refractivity contribution < 1.29 is 23.6 Å².